The minimum Gasteiger partial charge on any atom is -0.490 e. The largest absolute Gasteiger partial charge is 0.490 e. The molecule has 190 valence electrons. The Morgan fingerprint density at radius 3 is 2.62 bits per heavy atom. The summed E-state index contributed by atoms with van der Waals surface area (Å²) in [4.78, 5) is 17.6. The molecule has 2 heterocycles. The highest BCUT2D eigenvalue weighted by Gasteiger charge is 2.17. The van der Waals surface area contributed by atoms with E-state index in [-0.39, 0.29) is 31.3 Å². The first-order chi connectivity index (χ1) is 17.9. The molecule has 8 nitrogen and oxygen atoms in total. The molecule has 0 aliphatic carbocycles. The summed E-state index contributed by atoms with van der Waals surface area (Å²) >= 11 is 0. The van der Waals surface area contributed by atoms with Crippen molar-refractivity contribution in [3.63, 3.8) is 0 Å². The predicted molar refractivity (Wildman–Crippen MR) is 140 cm³/mol. The molecule has 0 saturated carbocycles. The number of carbonyl (C=O) groups excluding carboxylic acids is 1. The van der Waals surface area contributed by atoms with Crippen molar-refractivity contribution in [1.29, 1.82) is 5.26 Å². The van der Waals surface area contributed by atoms with Gasteiger partial charge in [0.2, 0.25) is 0 Å². The summed E-state index contributed by atoms with van der Waals surface area (Å²) in [5.41, 5.74) is 4.88. The molecule has 4 aromatic rings. The number of carbonyl (C=O) groups is 1. The van der Waals surface area contributed by atoms with E-state index in [0.29, 0.717) is 29.7 Å². The fourth-order valence-electron chi connectivity index (χ4n) is 4.20. The summed E-state index contributed by atoms with van der Waals surface area (Å²) in [5.74, 6) is 0.131. The van der Waals surface area contributed by atoms with E-state index in [2.05, 4.69) is 16.4 Å². The number of fused-ring (bicyclic) bond motifs is 1. The zero-order valence-corrected chi connectivity index (χ0v) is 20.9. The molecular formula is C29H30N4O4. The van der Waals surface area contributed by atoms with Gasteiger partial charge in [-0.3, -0.25) is 4.79 Å². The highest BCUT2D eigenvalue weighted by Crippen LogP contribution is 2.23. The van der Waals surface area contributed by atoms with Crippen molar-refractivity contribution in [2.45, 2.75) is 45.4 Å². The topological polar surface area (TPSA) is 120 Å². The number of ether oxygens (including phenoxy) is 1. The van der Waals surface area contributed by atoms with Crippen molar-refractivity contribution in [3.05, 3.63) is 89.2 Å². The number of pyridine rings is 1. The molecule has 1 atom stereocenters. The molecule has 3 N–H and O–H groups in total. The summed E-state index contributed by atoms with van der Waals surface area (Å²) in [6.45, 7) is 3.60. The first-order valence-corrected chi connectivity index (χ1v) is 12.2. The Labute approximate surface area is 215 Å². The summed E-state index contributed by atoms with van der Waals surface area (Å²) in [7, 11) is 0. The second kappa shape index (κ2) is 11.7. The smallest absolute Gasteiger partial charge is 0.251 e. The Bertz CT molecular complexity index is 1420. The molecule has 0 aliphatic rings. The number of nitriles is 1. The second-order valence-electron chi connectivity index (χ2n) is 9.12. The van der Waals surface area contributed by atoms with Crippen LogP contribution in [0.2, 0.25) is 0 Å². The molecule has 4 rings (SSSR count). The van der Waals surface area contributed by atoms with Gasteiger partial charge >= 0.3 is 0 Å². The maximum absolute atomic E-state index is 12.9. The summed E-state index contributed by atoms with van der Waals surface area (Å²) < 4.78 is 7.53. The van der Waals surface area contributed by atoms with E-state index in [0.717, 1.165) is 28.0 Å². The van der Waals surface area contributed by atoms with Gasteiger partial charge in [-0.2, -0.15) is 5.26 Å². The number of imidazole rings is 1. The third kappa shape index (κ3) is 6.15. The number of aliphatic hydroxyl groups excluding tert-OH is 2. The maximum atomic E-state index is 12.9. The van der Waals surface area contributed by atoms with Crippen LogP contribution < -0.4 is 10.1 Å². The molecular weight excluding hydrogens is 468 g/mol. The number of amides is 1. The van der Waals surface area contributed by atoms with Crippen LogP contribution in [0.4, 0.5) is 0 Å². The summed E-state index contributed by atoms with van der Waals surface area (Å²) in [6, 6.07) is 18.2. The van der Waals surface area contributed by atoms with Gasteiger partial charge in [0, 0.05) is 41.7 Å². The van der Waals surface area contributed by atoms with Gasteiger partial charge in [-0.1, -0.05) is 30.3 Å². The van der Waals surface area contributed by atoms with Crippen LogP contribution >= 0.6 is 0 Å². The zero-order chi connectivity index (χ0) is 26.4. The first kappa shape index (κ1) is 25.9. The van der Waals surface area contributed by atoms with Crippen LogP contribution in [-0.2, 0) is 13.0 Å². The van der Waals surface area contributed by atoms with Gasteiger partial charge < -0.3 is 24.7 Å². The molecule has 0 spiro atoms. The van der Waals surface area contributed by atoms with Gasteiger partial charge in [-0.05, 0) is 56.5 Å². The zero-order valence-electron chi connectivity index (χ0n) is 20.9. The lowest BCUT2D eigenvalue weighted by atomic mass is 10.0. The molecule has 0 saturated heterocycles. The standard InChI is InChI=1S/C29H30N4O4/c1-19(2)37-27-10-9-22(15-24(27)16-30)29(36)31-25(11-13-34)14-20-5-7-21(8-6-20)26-17-33-12-3-4-23(18-35)28(33)32-26/h3-10,12,15,17,19,25,34-35H,11,13-14,18H2,1-2H3,(H,31,36). The molecule has 2 aromatic heterocycles. The monoisotopic (exact) mass is 498 g/mol. The Balaban J connectivity index is 1.47. The SMILES string of the molecule is CC(C)Oc1ccc(C(=O)NC(CCO)Cc2ccc(-c3cn4cccc(CO)c4n3)cc2)cc1C#N. The van der Waals surface area contributed by atoms with E-state index in [1.807, 2.05) is 67.0 Å². The van der Waals surface area contributed by atoms with Crippen molar-refractivity contribution in [2.75, 3.05) is 6.61 Å². The van der Waals surface area contributed by atoms with E-state index in [4.69, 9.17) is 4.74 Å². The van der Waals surface area contributed by atoms with Crippen LogP contribution in [0.1, 0.15) is 47.3 Å². The number of benzene rings is 2. The third-order valence-electron chi connectivity index (χ3n) is 6.00. The Morgan fingerprint density at radius 1 is 1.16 bits per heavy atom. The number of hydrogen-bond acceptors (Lipinski definition) is 6. The van der Waals surface area contributed by atoms with Gasteiger partial charge in [0.25, 0.3) is 5.91 Å². The van der Waals surface area contributed by atoms with Crippen molar-refractivity contribution < 1.29 is 19.7 Å². The van der Waals surface area contributed by atoms with E-state index in [1.165, 1.54) is 6.07 Å². The quantitative estimate of drug-likeness (QED) is 0.305. The number of rotatable bonds is 10. The Morgan fingerprint density at radius 2 is 1.95 bits per heavy atom. The maximum Gasteiger partial charge on any atom is 0.251 e. The van der Waals surface area contributed by atoms with E-state index in [1.54, 1.807) is 12.1 Å². The average Bonchev–Trinajstić information content (AvgIpc) is 3.33. The van der Waals surface area contributed by atoms with Crippen LogP contribution in [0, 0.1) is 11.3 Å². The van der Waals surface area contributed by atoms with E-state index in [9.17, 15) is 20.3 Å². The van der Waals surface area contributed by atoms with Crippen molar-refractivity contribution in [2.24, 2.45) is 0 Å². The van der Waals surface area contributed by atoms with Gasteiger partial charge in [0.1, 0.15) is 17.5 Å². The summed E-state index contributed by atoms with van der Waals surface area (Å²) in [5, 5.41) is 31.6. The fourth-order valence-corrected chi connectivity index (χ4v) is 4.20. The van der Waals surface area contributed by atoms with Crippen LogP contribution in [0.25, 0.3) is 16.9 Å². The number of aromatic nitrogens is 2. The Kier molecular flexibility index (Phi) is 8.18. The number of nitrogens with one attached hydrogen (secondary N) is 1. The highest BCUT2D eigenvalue weighted by atomic mass is 16.5. The van der Waals surface area contributed by atoms with E-state index < -0.39 is 0 Å². The predicted octanol–water partition coefficient (Wildman–Crippen LogP) is 3.88. The van der Waals surface area contributed by atoms with Gasteiger partial charge in [-0.25, -0.2) is 4.98 Å². The minimum absolute atomic E-state index is 0.0674. The molecule has 0 aliphatic heterocycles. The van der Waals surface area contributed by atoms with Crippen LogP contribution in [-0.4, -0.2) is 44.3 Å². The lowest BCUT2D eigenvalue weighted by Crippen LogP contribution is -2.37. The number of hydrogen-bond donors (Lipinski definition) is 3. The molecule has 8 heteroatoms. The van der Waals surface area contributed by atoms with Crippen LogP contribution in [0.5, 0.6) is 5.75 Å². The van der Waals surface area contributed by atoms with Crippen molar-refractivity contribution in [1.82, 2.24) is 14.7 Å². The lowest BCUT2D eigenvalue weighted by Gasteiger charge is -2.19. The normalized spacial score (nSPS) is 11.9. The van der Waals surface area contributed by atoms with Gasteiger partial charge in [0.15, 0.2) is 0 Å². The second-order valence-corrected chi connectivity index (χ2v) is 9.12. The average molecular weight is 499 g/mol. The molecule has 2 aromatic carbocycles. The molecule has 1 amide bonds. The van der Waals surface area contributed by atoms with Gasteiger partial charge in [-0.15, -0.1) is 0 Å². The molecule has 1 unspecified atom stereocenters. The molecule has 37 heavy (non-hydrogen) atoms. The third-order valence-corrected chi connectivity index (χ3v) is 6.00. The summed E-state index contributed by atoms with van der Waals surface area (Å²) in [6.07, 6.45) is 4.66. The van der Waals surface area contributed by atoms with Crippen molar-refractivity contribution >= 4 is 11.6 Å². The van der Waals surface area contributed by atoms with Gasteiger partial charge in [0.05, 0.1) is 24.0 Å². The fraction of sp³-hybridized carbons (Fsp3) is 0.276. The first-order valence-electron chi connectivity index (χ1n) is 12.2. The van der Waals surface area contributed by atoms with E-state index >= 15 is 0 Å². The highest BCUT2D eigenvalue weighted by molar-refractivity contribution is 5.95. The minimum atomic E-state index is -0.313. The molecule has 0 bridgehead atoms. The lowest BCUT2D eigenvalue weighted by molar-refractivity contribution is 0.0930. The molecule has 0 radical (unpaired) electrons. The Hall–Kier alpha value is -4.19. The molecule has 0 fully saturated rings. The van der Waals surface area contributed by atoms with Crippen LogP contribution in [0.15, 0.2) is 67.0 Å². The number of nitrogens with zero attached hydrogens (tertiary/aromatic N) is 3. The number of aliphatic hydroxyl groups is 2. The van der Waals surface area contributed by atoms with Crippen molar-refractivity contribution in [3.8, 4) is 23.1 Å². The van der Waals surface area contributed by atoms with Crippen LogP contribution in [0.3, 0.4) is 0 Å².